The largest absolute Gasteiger partial charge is 0.371 e. The van der Waals surface area contributed by atoms with Gasteiger partial charge in [-0.1, -0.05) is 22.0 Å². The third-order valence-corrected chi connectivity index (χ3v) is 3.93. The summed E-state index contributed by atoms with van der Waals surface area (Å²) in [5.74, 6) is 0.433. The van der Waals surface area contributed by atoms with Crippen LogP contribution >= 0.6 is 15.9 Å². The Kier molecular flexibility index (Phi) is 4.82. The summed E-state index contributed by atoms with van der Waals surface area (Å²) in [4.78, 5) is 13.8. The van der Waals surface area contributed by atoms with E-state index in [1.807, 2.05) is 12.1 Å². The normalized spacial score (nSPS) is 20.4. The highest BCUT2D eigenvalue weighted by Gasteiger charge is 2.23. The lowest BCUT2D eigenvalue weighted by molar-refractivity contribution is -0.122. The van der Waals surface area contributed by atoms with Gasteiger partial charge in [-0.05, 0) is 37.5 Å². The van der Waals surface area contributed by atoms with Crippen molar-refractivity contribution in [3.8, 4) is 0 Å². The zero-order valence-electron chi connectivity index (χ0n) is 11.1. The number of carbonyl (C=O) groups is 1. The van der Waals surface area contributed by atoms with Gasteiger partial charge in [0.05, 0.1) is 6.04 Å². The molecule has 0 spiro atoms. The van der Waals surface area contributed by atoms with E-state index in [0.717, 1.165) is 24.0 Å². The average molecular weight is 326 g/mol. The van der Waals surface area contributed by atoms with E-state index in [1.165, 1.54) is 5.69 Å². The first-order valence-corrected chi connectivity index (χ1v) is 7.39. The molecule has 1 amide bonds. The monoisotopic (exact) mass is 325 g/mol. The molecule has 3 N–H and O–H groups in total. The third kappa shape index (κ3) is 3.94. The van der Waals surface area contributed by atoms with Crippen LogP contribution in [0, 0.1) is 5.92 Å². The lowest BCUT2D eigenvalue weighted by Gasteiger charge is -2.19. The molecule has 2 rings (SSSR count). The van der Waals surface area contributed by atoms with Gasteiger partial charge in [0.25, 0.3) is 0 Å². The summed E-state index contributed by atoms with van der Waals surface area (Å²) in [6, 6.07) is 7.89. The van der Waals surface area contributed by atoms with E-state index in [1.54, 1.807) is 6.92 Å². The molecule has 1 aromatic carbocycles. The van der Waals surface area contributed by atoms with Crippen LogP contribution < -0.4 is 16.0 Å². The Bertz CT molecular complexity index is 450. The van der Waals surface area contributed by atoms with Crippen molar-refractivity contribution in [2.75, 3.05) is 24.5 Å². The molecule has 1 aromatic rings. The molecule has 1 aliphatic rings. The summed E-state index contributed by atoms with van der Waals surface area (Å²) in [7, 11) is 0. The molecule has 0 saturated carbocycles. The van der Waals surface area contributed by atoms with Gasteiger partial charge in [-0.2, -0.15) is 0 Å². The van der Waals surface area contributed by atoms with E-state index in [-0.39, 0.29) is 5.91 Å². The van der Waals surface area contributed by atoms with Crippen molar-refractivity contribution in [2.45, 2.75) is 19.4 Å². The van der Waals surface area contributed by atoms with Crippen molar-refractivity contribution in [3.63, 3.8) is 0 Å². The number of hydrogen-bond donors (Lipinski definition) is 2. The van der Waals surface area contributed by atoms with Gasteiger partial charge in [-0.3, -0.25) is 4.79 Å². The second-order valence-electron chi connectivity index (χ2n) is 5.11. The lowest BCUT2D eigenvalue weighted by atomic mass is 10.1. The molecule has 0 radical (unpaired) electrons. The molecule has 0 bridgehead atoms. The van der Waals surface area contributed by atoms with Crippen LogP contribution in [-0.2, 0) is 4.79 Å². The minimum Gasteiger partial charge on any atom is -0.371 e. The maximum Gasteiger partial charge on any atom is 0.236 e. The molecule has 2 unspecified atom stereocenters. The second kappa shape index (κ2) is 6.39. The van der Waals surface area contributed by atoms with Gasteiger partial charge in [0.15, 0.2) is 0 Å². The summed E-state index contributed by atoms with van der Waals surface area (Å²) in [6.45, 7) is 4.44. The van der Waals surface area contributed by atoms with Gasteiger partial charge in [-0.25, -0.2) is 0 Å². The summed E-state index contributed by atoms with van der Waals surface area (Å²) in [5, 5.41) is 2.91. The zero-order valence-corrected chi connectivity index (χ0v) is 12.7. The molecule has 2 atom stereocenters. The summed E-state index contributed by atoms with van der Waals surface area (Å²) in [5.41, 5.74) is 6.76. The summed E-state index contributed by atoms with van der Waals surface area (Å²) in [6.07, 6.45) is 1.10. The SMILES string of the molecule is CC(N)C(=O)NCC1CCN(c2cccc(Br)c2)C1. The average Bonchev–Trinajstić information content (AvgIpc) is 2.84. The number of nitrogens with one attached hydrogen (secondary N) is 1. The molecule has 5 heteroatoms. The van der Waals surface area contributed by atoms with Gasteiger partial charge in [0.2, 0.25) is 5.91 Å². The Morgan fingerprint density at radius 1 is 1.63 bits per heavy atom. The van der Waals surface area contributed by atoms with E-state index in [4.69, 9.17) is 5.73 Å². The summed E-state index contributed by atoms with van der Waals surface area (Å²) < 4.78 is 1.10. The van der Waals surface area contributed by atoms with Crippen LogP contribution in [0.25, 0.3) is 0 Å². The van der Waals surface area contributed by atoms with Crippen molar-refractivity contribution in [3.05, 3.63) is 28.7 Å². The van der Waals surface area contributed by atoms with Crippen LogP contribution in [0.1, 0.15) is 13.3 Å². The molecule has 19 heavy (non-hydrogen) atoms. The molecule has 4 nitrogen and oxygen atoms in total. The number of nitrogens with two attached hydrogens (primary N) is 1. The number of nitrogens with zero attached hydrogens (tertiary/aromatic N) is 1. The Hall–Kier alpha value is -1.07. The zero-order chi connectivity index (χ0) is 13.8. The number of carbonyl (C=O) groups excluding carboxylic acids is 1. The van der Waals surface area contributed by atoms with Gasteiger partial charge in [-0.15, -0.1) is 0 Å². The Morgan fingerprint density at radius 2 is 2.42 bits per heavy atom. The first kappa shape index (κ1) is 14.3. The quantitative estimate of drug-likeness (QED) is 0.886. The van der Waals surface area contributed by atoms with E-state index in [9.17, 15) is 4.79 Å². The molecule has 1 fully saturated rings. The highest BCUT2D eigenvalue weighted by atomic mass is 79.9. The smallest absolute Gasteiger partial charge is 0.236 e. The molecular formula is C14H20BrN3O. The first-order valence-electron chi connectivity index (χ1n) is 6.60. The highest BCUT2D eigenvalue weighted by molar-refractivity contribution is 9.10. The highest BCUT2D eigenvalue weighted by Crippen LogP contribution is 2.25. The Labute approximate surface area is 122 Å². The van der Waals surface area contributed by atoms with Gasteiger partial charge < -0.3 is 16.0 Å². The van der Waals surface area contributed by atoms with Crippen molar-refractivity contribution < 1.29 is 4.79 Å². The molecule has 1 heterocycles. The number of rotatable bonds is 4. The number of halogens is 1. The van der Waals surface area contributed by atoms with Crippen LogP contribution in [-0.4, -0.2) is 31.6 Å². The van der Waals surface area contributed by atoms with Crippen LogP contribution in [0.2, 0.25) is 0 Å². The van der Waals surface area contributed by atoms with E-state index in [2.05, 4.69) is 38.3 Å². The molecule has 0 aromatic heterocycles. The van der Waals surface area contributed by atoms with Crippen LogP contribution in [0.3, 0.4) is 0 Å². The van der Waals surface area contributed by atoms with Gasteiger partial charge >= 0.3 is 0 Å². The number of amides is 1. The number of hydrogen-bond acceptors (Lipinski definition) is 3. The van der Waals surface area contributed by atoms with Crippen molar-refractivity contribution >= 4 is 27.5 Å². The number of benzene rings is 1. The lowest BCUT2D eigenvalue weighted by Crippen LogP contribution is -2.40. The maximum absolute atomic E-state index is 11.4. The van der Waals surface area contributed by atoms with E-state index >= 15 is 0 Å². The maximum atomic E-state index is 11.4. The first-order chi connectivity index (χ1) is 9.06. The molecule has 0 aliphatic carbocycles. The molecule has 1 saturated heterocycles. The minimum absolute atomic E-state index is 0.0686. The topological polar surface area (TPSA) is 58.4 Å². The Morgan fingerprint density at radius 3 is 3.11 bits per heavy atom. The predicted octanol–water partition coefficient (Wildman–Crippen LogP) is 1.74. The standard InChI is InChI=1S/C14H20BrN3O/c1-10(16)14(19)17-8-11-5-6-18(9-11)13-4-2-3-12(15)7-13/h2-4,7,10-11H,5-6,8-9,16H2,1H3,(H,17,19). The molecule has 104 valence electrons. The third-order valence-electron chi connectivity index (χ3n) is 3.44. The van der Waals surface area contributed by atoms with Gasteiger partial charge in [0, 0.05) is 29.8 Å². The fourth-order valence-corrected chi connectivity index (χ4v) is 2.70. The molecular weight excluding hydrogens is 306 g/mol. The van der Waals surface area contributed by atoms with Crippen molar-refractivity contribution in [1.29, 1.82) is 0 Å². The van der Waals surface area contributed by atoms with Crippen molar-refractivity contribution in [1.82, 2.24) is 5.32 Å². The van der Waals surface area contributed by atoms with Crippen LogP contribution in [0.5, 0.6) is 0 Å². The van der Waals surface area contributed by atoms with Crippen molar-refractivity contribution in [2.24, 2.45) is 11.7 Å². The number of anilines is 1. The van der Waals surface area contributed by atoms with Gasteiger partial charge in [0.1, 0.15) is 0 Å². The fourth-order valence-electron chi connectivity index (χ4n) is 2.31. The van der Waals surface area contributed by atoms with E-state index in [0.29, 0.717) is 12.5 Å². The minimum atomic E-state index is -0.428. The van der Waals surface area contributed by atoms with E-state index < -0.39 is 6.04 Å². The summed E-state index contributed by atoms with van der Waals surface area (Å²) >= 11 is 3.49. The predicted molar refractivity (Wildman–Crippen MR) is 81.1 cm³/mol. The Balaban J connectivity index is 1.85. The van der Waals surface area contributed by atoms with Crippen LogP contribution in [0.4, 0.5) is 5.69 Å². The van der Waals surface area contributed by atoms with Crippen LogP contribution in [0.15, 0.2) is 28.7 Å². The molecule has 1 aliphatic heterocycles. The fraction of sp³-hybridized carbons (Fsp3) is 0.500. The second-order valence-corrected chi connectivity index (χ2v) is 6.03.